The number of piperidine rings is 1. The van der Waals surface area contributed by atoms with E-state index in [1.54, 1.807) is 13.3 Å². The lowest BCUT2D eigenvalue weighted by Crippen LogP contribution is -2.44. The predicted molar refractivity (Wildman–Crippen MR) is 94.6 cm³/mol. The molecule has 1 aromatic heterocycles. The monoisotopic (exact) mass is 343 g/mol. The summed E-state index contributed by atoms with van der Waals surface area (Å²) in [6.45, 7) is 4.06. The Kier molecular flexibility index (Phi) is 5.58. The van der Waals surface area contributed by atoms with Crippen molar-refractivity contribution in [3.63, 3.8) is 0 Å². The number of hydrogen-bond acceptors (Lipinski definition) is 4. The number of rotatable bonds is 6. The van der Waals surface area contributed by atoms with Crippen molar-refractivity contribution in [2.75, 3.05) is 20.2 Å². The molecule has 1 aromatic carbocycles. The summed E-state index contributed by atoms with van der Waals surface area (Å²) in [6.07, 6.45) is 5.48. The average molecular weight is 343 g/mol. The first-order valence-electron chi connectivity index (χ1n) is 8.72. The van der Waals surface area contributed by atoms with E-state index in [4.69, 9.17) is 9.47 Å². The molecule has 134 valence electrons. The molecule has 6 nitrogen and oxygen atoms in total. The smallest absolute Gasteiger partial charge is 0.227 e. The highest BCUT2D eigenvalue weighted by atomic mass is 16.5. The summed E-state index contributed by atoms with van der Waals surface area (Å²) in [5, 5.41) is 4.17. The third kappa shape index (κ3) is 4.53. The molecule has 0 spiro atoms. The molecule has 1 fully saturated rings. The molecule has 2 aromatic rings. The molecule has 0 N–H and O–H groups in total. The van der Waals surface area contributed by atoms with Gasteiger partial charge in [-0.1, -0.05) is 6.92 Å². The number of nitrogens with zero attached hydrogens (tertiary/aromatic N) is 3. The summed E-state index contributed by atoms with van der Waals surface area (Å²) in [7, 11) is 1.65. The molecule has 0 radical (unpaired) electrons. The van der Waals surface area contributed by atoms with Crippen LogP contribution in [0, 0.1) is 5.92 Å². The molecule has 1 amide bonds. The van der Waals surface area contributed by atoms with Gasteiger partial charge in [-0.15, -0.1) is 0 Å². The maximum Gasteiger partial charge on any atom is 0.227 e. The van der Waals surface area contributed by atoms with E-state index >= 15 is 0 Å². The van der Waals surface area contributed by atoms with Gasteiger partial charge in [-0.3, -0.25) is 9.48 Å². The maximum absolute atomic E-state index is 12.6. The first kappa shape index (κ1) is 17.3. The minimum Gasteiger partial charge on any atom is -0.497 e. The van der Waals surface area contributed by atoms with E-state index in [0.717, 1.165) is 37.4 Å². The normalized spacial score (nSPS) is 16.5. The van der Waals surface area contributed by atoms with E-state index < -0.39 is 0 Å². The van der Waals surface area contributed by atoms with Gasteiger partial charge in [0.05, 0.1) is 19.6 Å². The average Bonchev–Trinajstić information content (AvgIpc) is 3.15. The second kappa shape index (κ2) is 8.05. The van der Waals surface area contributed by atoms with Crippen molar-refractivity contribution in [1.29, 1.82) is 0 Å². The number of aromatic nitrogens is 2. The van der Waals surface area contributed by atoms with Crippen LogP contribution in [0.2, 0.25) is 0 Å². The fourth-order valence-electron chi connectivity index (χ4n) is 3.12. The molecule has 0 unspecified atom stereocenters. The van der Waals surface area contributed by atoms with Crippen LogP contribution < -0.4 is 9.47 Å². The molecule has 0 saturated carbocycles. The van der Waals surface area contributed by atoms with Gasteiger partial charge < -0.3 is 14.4 Å². The Balaban J connectivity index is 1.46. The zero-order valence-corrected chi connectivity index (χ0v) is 14.8. The number of hydrogen-bond donors (Lipinski definition) is 0. The van der Waals surface area contributed by atoms with Crippen molar-refractivity contribution >= 4 is 5.91 Å². The molecule has 1 atom stereocenters. The molecule has 3 rings (SSSR count). The third-order valence-corrected chi connectivity index (χ3v) is 4.56. The lowest BCUT2D eigenvalue weighted by molar-refractivity contribution is -0.137. The van der Waals surface area contributed by atoms with Crippen LogP contribution in [0.4, 0.5) is 0 Å². The van der Waals surface area contributed by atoms with Gasteiger partial charge in [0.1, 0.15) is 17.6 Å². The van der Waals surface area contributed by atoms with Crippen LogP contribution in [0.15, 0.2) is 42.7 Å². The van der Waals surface area contributed by atoms with E-state index in [1.165, 1.54) is 0 Å². The highest BCUT2D eigenvalue weighted by Gasteiger charge is 2.27. The molecule has 1 aliphatic heterocycles. The van der Waals surface area contributed by atoms with E-state index in [-0.39, 0.29) is 17.9 Å². The van der Waals surface area contributed by atoms with Crippen LogP contribution in [-0.4, -0.2) is 46.9 Å². The van der Waals surface area contributed by atoms with Gasteiger partial charge in [-0.05, 0) is 30.3 Å². The van der Waals surface area contributed by atoms with Gasteiger partial charge in [-0.25, -0.2) is 0 Å². The fourth-order valence-corrected chi connectivity index (χ4v) is 3.12. The van der Waals surface area contributed by atoms with Gasteiger partial charge in [-0.2, -0.15) is 5.10 Å². The van der Waals surface area contributed by atoms with Gasteiger partial charge in [0.15, 0.2) is 0 Å². The molecule has 0 bridgehead atoms. The predicted octanol–water partition coefficient (Wildman–Crippen LogP) is 2.60. The number of methoxy groups -OCH3 is 1. The molecular formula is C19H25N3O3. The minimum absolute atomic E-state index is 0.0704. The number of carbonyl (C=O) groups excluding carboxylic acids is 1. The Labute approximate surface area is 148 Å². The summed E-state index contributed by atoms with van der Waals surface area (Å²) >= 11 is 0. The lowest BCUT2D eigenvalue weighted by atomic mass is 10.0. The van der Waals surface area contributed by atoms with Crippen LogP contribution in [0.5, 0.6) is 11.5 Å². The van der Waals surface area contributed by atoms with Gasteiger partial charge in [0.25, 0.3) is 0 Å². The largest absolute Gasteiger partial charge is 0.497 e. The molecule has 25 heavy (non-hydrogen) atoms. The Bertz CT molecular complexity index is 662. The number of benzene rings is 1. The topological polar surface area (TPSA) is 56.6 Å². The van der Waals surface area contributed by atoms with E-state index in [2.05, 4.69) is 5.10 Å². The quantitative estimate of drug-likeness (QED) is 0.809. The first-order valence-corrected chi connectivity index (χ1v) is 8.72. The van der Waals surface area contributed by atoms with Crippen molar-refractivity contribution in [3.8, 4) is 11.5 Å². The Morgan fingerprint density at radius 2 is 1.92 bits per heavy atom. The lowest BCUT2D eigenvalue weighted by Gasteiger charge is -2.33. The van der Waals surface area contributed by atoms with Gasteiger partial charge >= 0.3 is 0 Å². The summed E-state index contributed by atoms with van der Waals surface area (Å²) in [5.74, 6) is 1.79. The third-order valence-electron chi connectivity index (χ3n) is 4.56. The number of ether oxygens (including phenoxy) is 2. The molecular weight excluding hydrogens is 318 g/mol. The van der Waals surface area contributed by atoms with E-state index in [1.807, 2.05) is 53.0 Å². The van der Waals surface area contributed by atoms with Crippen LogP contribution in [0.3, 0.4) is 0 Å². The minimum atomic E-state index is -0.0704. The number of amides is 1. The van der Waals surface area contributed by atoms with Crippen LogP contribution >= 0.6 is 0 Å². The van der Waals surface area contributed by atoms with Crippen molar-refractivity contribution < 1.29 is 14.3 Å². The van der Waals surface area contributed by atoms with Gasteiger partial charge in [0, 0.05) is 38.3 Å². The number of carbonyl (C=O) groups is 1. The van der Waals surface area contributed by atoms with Gasteiger partial charge in [0.2, 0.25) is 5.91 Å². The van der Waals surface area contributed by atoms with E-state index in [0.29, 0.717) is 6.54 Å². The first-order chi connectivity index (χ1) is 12.2. The number of likely N-dealkylation sites (tertiary alicyclic amines) is 1. The molecule has 1 saturated heterocycles. The van der Waals surface area contributed by atoms with Crippen LogP contribution in [0.1, 0.15) is 19.8 Å². The summed E-state index contributed by atoms with van der Waals surface area (Å²) in [6, 6.07) is 9.50. The van der Waals surface area contributed by atoms with Crippen molar-refractivity contribution in [1.82, 2.24) is 14.7 Å². The Morgan fingerprint density at radius 1 is 1.24 bits per heavy atom. The Hall–Kier alpha value is -2.50. The zero-order chi connectivity index (χ0) is 17.6. The van der Waals surface area contributed by atoms with Crippen LogP contribution in [0.25, 0.3) is 0 Å². The summed E-state index contributed by atoms with van der Waals surface area (Å²) in [5.41, 5.74) is 0. The highest BCUT2D eigenvalue weighted by Crippen LogP contribution is 2.22. The SMILES string of the molecule is COc1ccc(OC2CCN(C(=O)[C@H](C)Cn3cccn3)CC2)cc1. The zero-order valence-electron chi connectivity index (χ0n) is 14.8. The van der Waals surface area contributed by atoms with Crippen LogP contribution in [-0.2, 0) is 11.3 Å². The standard InChI is InChI=1S/C19H25N3O3/c1-15(14-22-11-3-10-20-22)19(23)21-12-8-18(9-13-21)25-17-6-4-16(24-2)5-7-17/h3-7,10-11,15,18H,8-9,12-14H2,1-2H3/t15-/m1/s1. The van der Waals surface area contributed by atoms with Crippen molar-refractivity contribution in [2.24, 2.45) is 5.92 Å². The Morgan fingerprint density at radius 3 is 2.52 bits per heavy atom. The van der Waals surface area contributed by atoms with Crippen molar-refractivity contribution in [3.05, 3.63) is 42.7 Å². The molecule has 0 aliphatic carbocycles. The van der Waals surface area contributed by atoms with Crippen molar-refractivity contribution in [2.45, 2.75) is 32.4 Å². The second-order valence-corrected chi connectivity index (χ2v) is 6.45. The molecule has 2 heterocycles. The summed E-state index contributed by atoms with van der Waals surface area (Å²) < 4.78 is 13.0. The fraction of sp³-hybridized carbons (Fsp3) is 0.474. The van der Waals surface area contributed by atoms with E-state index in [9.17, 15) is 4.79 Å². The highest BCUT2D eigenvalue weighted by molar-refractivity contribution is 5.78. The summed E-state index contributed by atoms with van der Waals surface area (Å²) in [4.78, 5) is 14.5. The maximum atomic E-state index is 12.6. The molecule has 6 heteroatoms. The molecule has 1 aliphatic rings. The second-order valence-electron chi connectivity index (χ2n) is 6.45.